The molecule has 0 spiro atoms. The number of nitrogens with one attached hydrogen (secondary N) is 1. The molecule has 8 heteroatoms. The number of hydrogen-bond acceptors (Lipinski definition) is 7. The van der Waals surface area contributed by atoms with Crippen LogP contribution in [0, 0.1) is 16.7 Å². The number of nitriles is 1. The Morgan fingerprint density at radius 1 is 1.19 bits per heavy atom. The van der Waals surface area contributed by atoms with Crippen LogP contribution in [0.15, 0.2) is 60.9 Å². The predicted octanol–water partition coefficient (Wildman–Crippen LogP) is 3.85. The van der Waals surface area contributed by atoms with Crippen molar-refractivity contribution in [3.63, 3.8) is 0 Å². The standard InChI is InChI=1S/C23H17N5O3/c1-30-23(29)19-7-6-17(10-18(19)13-31-14-25)21-8-9-28-22(27-21)20(12-26-28)16-4-2-15(11-24)3-5-16/h2-10,12,14,25H,13H2,1H3. The summed E-state index contributed by atoms with van der Waals surface area (Å²) < 4.78 is 11.6. The molecule has 1 N–H and O–H groups in total. The Bertz CT molecular complexity index is 1320. The first-order valence-electron chi connectivity index (χ1n) is 9.31. The minimum Gasteiger partial charge on any atom is -0.479 e. The topological polar surface area (TPSA) is 113 Å². The number of methoxy groups -OCH3 is 1. The van der Waals surface area contributed by atoms with E-state index in [9.17, 15) is 4.79 Å². The number of carbonyl (C=O) groups excluding carboxylic acids is 1. The van der Waals surface area contributed by atoms with Crippen molar-refractivity contribution in [3.05, 3.63) is 77.6 Å². The number of aromatic nitrogens is 3. The van der Waals surface area contributed by atoms with Gasteiger partial charge >= 0.3 is 5.97 Å². The summed E-state index contributed by atoms with van der Waals surface area (Å²) in [6, 6.07) is 16.4. The van der Waals surface area contributed by atoms with Crippen LogP contribution in [-0.4, -0.2) is 34.1 Å². The molecule has 4 aromatic rings. The van der Waals surface area contributed by atoms with E-state index in [-0.39, 0.29) is 6.61 Å². The molecule has 31 heavy (non-hydrogen) atoms. The average molecular weight is 411 g/mol. The molecule has 0 aliphatic carbocycles. The average Bonchev–Trinajstić information content (AvgIpc) is 3.25. The summed E-state index contributed by atoms with van der Waals surface area (Å²) in [5, 5.41) is 20.5. The van der Waals surface area contributed by atoms with Gasteiger partial charge in [-0.15, -0.1) is 0 Å². The molecule has 152 valence electrons. The quantitative estimate of drug-likeness (QED) is 0.293. The SMILES string of the molecule is COC(=O)c1ccc(-c2ccn3ncc(-c4ccc(C#N)cc4)c3n2)cc1COC=N. The van der Waals surface area contributed by atoms with Crippen LogP contribution >= 0.6 is 0 Å². The number of rotatable bonds is 6. The Morgan fingerprint density at radius 2 is 1.97 bits per heavy atom. The van der Waals surface area contributed by atoms with Crippen molar-refractivity contribution < 1.29 is 14.3 Å². The Hall–Kier alpha value is -4.51. The van der Waals surface area contributed by atoms with E-state index < -0.39 is 5.97 Å². The zero-order valence-corrected chi connectivity index (χ0v) is 16.6. The van der Waals surface area contributed by atoms with Gasteiger partial charge < -0.3 is 9.47 Å². The highest BCUT2D eigenvalue weighted by Gasteiger charge is 2.15. The Labute approximate surface area is 177 Å². The molecular weight excluding hydrogens is 394 g/mol. The summed E-state index contributed by atoms with van der Waals surface area (Å²) in [4.78, 5) is 16.8. The lowest BCUT2D eigenvalue weighted by molar-refractivity contribution is 0.0597. The maximum absolute atomic E-state index is 12.1. The monoisotopic (exact) mass is 411 g/mol. The van der Waals surface area contributed by atoms with Crippen LogP contribution in [0.1, 0.15) is 21.5 Å². The Kier molecular flexibility index (Phi) is 5.41. The van der Waals surface area contributed by atoms with Gasteiger partial charge in [0.15, 0.2) is 12.0 Å². The number of nitrogens with zero attached hydrogens (tertiary/aromatic N) is 4. The number of hydrogen-bond donors (Lipinski definition) is 1. The number of benzene rings is 2. The van der Waals surface area contributed by atoms with E-state index in [1.54, 1.807) is 41.0 Å². The van der Waals surface area contributed by atoms with Crippen LogP contribution in [-0.2, 0) is 16.1 Å². The third-order valence-electron chi connectivity index (χ3n) is 4.82. The lowest BCUT2D eigenvalue weighted by Crippen LogP contribution is -2.07. The predicted molar refractivity (Wildman–Crippen MR) is 113 cm³/mol. The first-order chi connectivity index (χ1) is 15.1. The maximum Gasteiger partial charge on any atom is 0.338 e. The smallest absolute Gasteiger partial charge is 0.338 e. The molecule has 8 nitrogen and oxygen atoms in total. The van der Waals surface area contributed by atoms with E-state index in [1.165, 1.54) is 7.11 Å². The highest BCUT2D eigenvalue weighted by atomic mass is 16.5. The molecule has 0 bridgehead atoms. The fourth-order valence-electron chi connectivity index (χ4n) is 3.27. The molecule has 0 radical (unpaired) electrons. The summed E-state index contributed by atoms with van der Waals surface area (Å²) in [6.45, 7) is 0.0627. The molecule has 2 aromatic carbocycles. The first-order valence-corrected chi connectivity index (χ1v) is 9.31. The van der Waals surface area contributed by atoms with Gasteiger partial charge in [0.2, 0.25) is 0 Å². The molecular formula is C23H17N5O3. The lowest BCUT2D eigenvalue weighted by atomic mass is 10.0. The molecule has 0 amide bonds. The molecule has 0 atom stereocenters. The summed E-state index contributed by atoms with van der Waals surface area (Å²) in [7, 11) is 1.32. The second kappa shape index (κ2) is 8.47. The van der Waals surface area contributed by atoms with Gasteiger partial charge in [0, 0.05) is 22.9 Å². The normalized spacial score (nSPS) is 10.5. The van der Waals surface area contributed by atoms with Crippen molar-refractivity contribution in [3.8, 4) is 28.5 Å². The Morgan fingerprint density at radius 3 is 2.68 bits per heavy atom. The van der Waals surface area contributed by atoms with Gasteiger partial charge in [-0.25, -0.2) is 14.3 Å². The van der Waals surface area contributed by atoms with Crippen LogP contribution in [0.2, 0.25) is 0 Å². The van der Waals surface area contributed by atoms with E-state index >= 15 is 0 Å². The lowest BCUT2D eigenvalue weighted by Gasteiger charge is -2.10. The Balaban J connectivity index is 1.78. The van der Waals surface area contributed by atoms with E-state index in [1.807, 2.05) is 24.4 Å². The number of carbonyl (C=O) groups is 1. The summed E-state index contributed by atoms with van der Waals surface area (Å²) in [6.07, 6.45) is 4.37. The van der Waals surface area contributed by atoms with Crippen molar-refractivity contribution >= 4 is 18.0 Å². The van der Waals surface area contributed by atoms with Crippen molar-refractivity contribution in [1.29, 1.82) is 10.7 Å². The van der Waals surface area contributed by atoms with Crippen LogP contribution in [0.25, 0.3) is 28.0 Å². The van der Waals surface area contributed by atoms with Crippen molar-refractivity contribution in [2.45, 2.75) is 6.61 Å². The molecule has 0 fully saturated rings. The minimum absolute atomic E-state index is 0.0627. The zero-order valence-electron chi connectivity index (χ0n) is 16.6. The van der Waals surface area contributed by atoms with Gasteiger partial charge in [-0.3, -0.25) is 5.41 Å². The van der Waals surface area contributed by atoms with Crippen LogP contribution in [0.3, 0.4) is 0 Å². The molecule has 4 rings (SSSR count). The molecule has 2 heterocycles. The first kappa shape index (κ1) is 19.8. The van der Waals surface area contributed by atoms with Gasteiger partial charge in [0.25, 0.3) is 0 Å². The molecule has 0 aliphatic rings. The van der Waals surface area contributed by atoms with Gasteiger partial charge in [-0.2, -0.15) is 10.4 Å². The molecule has 0 unspecified atom stereocenters. The van der Waals surface area contributed by atoms with Crippen LogP contribution < -0.4 is 0 Å². The van der Waals surface area contributed by atoms with E-state index in [0.29, 0.717) is 28.0 Å². The fourth-order valence-corrected chi connectivity index (χ4v) is 3.27. The highest BCUT2D eigenvalue weighted by molar-refractivity contribution is 5.92. The summed E-state index contributed by atoms with van der Waals surface area (Å²) in [5.41, 5.74) is 5.42. The number of esters is 1. The second-order valence-corrected chi connectivity index (χ2v) is 6.62. The number of ether oxygens (including phenoxy) is 2. The second-order valence-electron chi connectivity index (χ2n) is 6.62. The summed E-state index contributed by atoms with van der Waals surface area (Å²) >= 11 is 0. The third-order valence-corrected chi connectivity index (χ3v) is 4.82. The maximum atomic E-state index is 12.1. The number of fused-ring (bicyclic) bond motifs is 1. The molecule has 0 saturated carbocycles. The summed E-state index contributed by atoms with van der Waals surface area (Å²) in [5.74, 6) is -0.475. The third kappa shape index (κ3) is 3.84. The van der Waals surface area contributed by atoms with Crippen LogP contribution in [0.4, 0.5) is 0 Å². The molecule has 0 aliphatic heterocycles. The largest absolute Gasteiger partial charge is 0.479 e. The van der Waals surface area contributed by atoms with Crippen LogP contribution in [0.5, 0.6) is 0 Å². The van der Waals surface area contributed by atoms with E-state index in [0.717, 1.165) is 23.1 Å². The van der Waals surface area contributed by atoms with E-state index in [4.69, 9.17) is 25.1 Å². The van der Waals surface area contributed by atoms with Crippen molar-refractivity contribution in [2.24, 2.45) is 0 Å². The molecule has 0 saturated heterocycles. The van der Waals surface area contributed by atoms with E-state index in [2.05, 4.69) is 11.2 Å². The minimum atomic E-state index is -0.475. The van der Waals surface area contributed by atoms with Crippen molar-refractivity contribution in [1.82, 2.24) is 14.6 Å². The van der Waals surface area contributed by atoms with Gasteiger partial charge in [0.1, 0.15) is 6.61 Å². The van der Waals surface area contributed by atoms with Gasteiger partial charge in [-0.05, 0) is 35.9 Å². The van der Waals surface area contributed by atoms with Crippen molar-refractivity contribution in [2.75, 3.05) is 7.11 Å². The van der Waals surface area contributed by atoms with Gasteiger partial charge in [0.05, 0.1) is 36.2 Å². The highest BCUT2D eigenvalue weighted by Crippen LogP contribution is 2.27. The zero-order chi connectivity index (χ0) is 21.8. The van der Waals surface area contributed by atoms with Gasteiger partial charge in [-0.1, -0.05) is 18.2 Å². The molecule has 2 aromatic heterocycles. The fraction of sp³-hybridized carbons (Fsp3) is 0.0870.